The second-order valence-electron chi connectivity index (χ2n) is 7.18. The summed E-state index contributed by atoms with van der Waals surface area (Å²) in [4.78, 5) is 24.4. The standard InChI is InChI=1S/C27H22N2O3/c30-26(18-16-24-15-17-25(32-24)21-9-5-2-6-10-21)28-22-11-13-23(14-12-22)29-27(31)19-20-7-3-1-4-8-20/h1-18H,19H2,(H,28,30)(H,29,31)/b18-16+. The van der Waals surface area contributed by atoms with Crippen molar-refractivity contribution in [1.82, 2.24) is 0 Å². The summed E-state index contributed by atoms with van der Waals surface area (Å²) in [6.45, 7) is 0. The van der Waals surface area contributed by atoms with E-state index in [4.69, 9.17) is 4.42 Å². The van der Waals surface area contributed by atoms with Crippen molar-refractivity contribution in [2.24, 2.45) is 0 Å². The first-order valence-corrected chi connectivity index (χ1v) is 10.2. The summed E-state index contributed by atoms with van der Waals surface area (Å²) in [5, 5.41) is 5.65. The summed E-state index contributed by atoms with van der Waals surface area (Å²) in [5.41, 5.74) is 3.23. The van der Waals surface area contributed by atoms with Crippen molar-refractivity contribution in [3.63, 3.8) is 0 Å². The average molecular weight is 422 g/mol. The lowest BCUT2D eigenvalue weighted by Gasteiger charge is -2.07. The van der Waals surface area contributed by atoms with Crippen molar-refractivity contribution >= 4 is 29.3 Å². The van der Waals surface area contributed by atoms with Gasteiger partial charge in [-0.15, -0.1) is 0 Å². The maximum absolute atomic E-state index is 12.2. The molecule has 1 heterocycles. The fourth-order valence-electron chi connectivity index (χ4n) is 3.17. The number of hydrogen-bond acceptors (Lipinski definition) is 3. The number of nitrogens with one attached hydrogen (secondary N) is 2. The largest absolute Gasteiger partial charge is 0.457 e. The third-order valence-electron chi connectivity index (χ3n) is 4.73. The molecule has 5 heteroatoms. The van der Waals surface area contributed by atoms with E-state index in [0.717, 1.165) is 16.9 Å². The molecule has 0 saturated carbocycles. The topological polar surface area (TPSA) is 71.3 Å². The first-order chi connectivity index (χ1) is 15.7. The maximum atomic E-state index is 12.2. The average Bonchev–Trinajstić information content (AvgIpc) is 3.29. The van der Waals surface area contributed by atoms with Gasteiger partial charge in [-0.25, -0.2) is 0 Å². The molecular weight excluding hydrogens is 400 g/mol. The number of carbonyl (C=O) groups excluding carboxylic acids is 2. The highest BCUT2D eigenvalue weighted by Gasteiger charge is 2.05. The highest BCUT2D eigenvalue weighted by Crippen LogP contribution is 2.22. The molecule has 0 bridgehead atoms. The molecule has 5 nitrogen and oxygen atoms in total. The second kappa shape index (κ2) is 10.1. The maximum Gasteiger partial charge on any atom is 0.248 e. The summed E-state index contributed by atoms with van der Waals surface area (Å²) < 4.78 is 5.76. The van der Waals surface area contributed by atoms with E-state index in [-0.39, 0.29) is 11.8 Å². The molecule has 0 radical (unpaired) electrons. The first-order valence-electron chi connectivity index (χ1n) is 10.2. The third-order valence-corrected chi connectivity index (χ3v) is 4.73. The monoisotopic (exact) mass is 422 g/mol. The minimum Gasteiger partial charge on any atom is -0.457 e. The van der Waals surface area contributed by atoms with Gasteiger partial charge in [-0.2, -0.15) is 0 Å². The predicted molar refractivity (Wildman–Crippen MR) is 127 cm³/mol. The Labute approximate surface area is 186 Å². The van der Waals surface area contributed by atoms with Crippen LogP contribution in [0.15, 0.2) is 108 Å². The van der Waals surface area contributed by atoms with Crippen LogP contribution < -0.4 is 10.6 Å². The van der Waals surface area contributed by atoms with E-state index in [1.807, 2.05) is 72.8 Å². The van der Waals surface area contributed by atoms with Crippen LogP contribution in [-0.4, -0.2) is 11.8 Å². The van der Waals surface area contributed by atoms with Gasteiger partial charge in [0, 0.05) is 23.0 Å². The Morgan fingerprint density at radius 1 is 0.719 bits per heavy atom. The third kappa shape index (κ3) is 5.83. The van der Waals surface area contributed by atoms with Crippen LogP contribution in [0.2, 0.25) is 0 Å². The van der Waals surface area contributed by atoms with E-state index >= 15 is 0 Å². The van der Waals surface area contributed by atoms with Crippen molar-refractivity contribution in [2.75, 3.05) is 10.6 Å². The summed E-state index contributed by atoms with van der Waals surface area (Å²) in [7, 11) is 0. The molecule has 0 atom stereocenters. The van der Waals surface area contributed by atoms with Gasteiger partial charge in [0.1, 0.15) is 11.5 Å². The van der Waals surface area contributed by atoms with E-state index in [1.165, 1.54) is 6.08 Å². The van der Waals surface area contributed by atoms with Gasteiger partial charge in [-0.1, -0.05) is 60.7 Å². The van der Waals surface area contributed by atoms with Gasteiger partial charge < -0.3 is 15.1 Å². The van der Waals surface area contributed by atoms with Crippen LogP contribution in [0.5, 0.6) is 0 Å². The number of rotatable bonds is 7. The zero-order chi connectivity index (χ0) is 22.2. The first kappa shape index (κ1) is 20.9. The molecule has 32 heavy (non-hydrogen) atoms. The van der Waals surface area contributed by atoms with Crippen LogP contribution in [0.4, 0.5) is 11.4 Å². The fourth-order valence-corrected chi connectivity index (χ4v) is 3.17. The van der Waals surface area contributed by atoms with Crippen molar-refractivity contribution in [3.8, 4) is 11.3 Å². The lowest BCUT2D eigenvalue weighted by molar-refractivity contribution is -0.115. The van der Waals surface area contributed by atoms with E-state index in [2.05, 4.69) is 10.6 Å². The van der Waals surface area contributed by atoms with Gasteiger partial charge in [0.15, 0.2) is 0 Å². The molecule has 0 aliphatic heterocycles. The molecule has 1 aromatic heterocycles. The lowest BCUT2D eigenvalue weighted by atomic mass is 10.1. The Morgan fingerprint density at radius 2 is 1.34 bits per heavy atom. The second-order valence-corrected chi connectivity index (χ2v) is 7.18. The van der Waals surface area contributed by atoms with E-state index in [9.17, 15) is 9.59 Å². The number of hydrogen-bond donors (Lipinski definition) is 2. The summed E-state index contributed by atoms with van der Waals surface area (Å²) in [5.74, 6) is 0.971. The lowest BCUT2D eigenvalue weighted by Crippen LogP contribution is -2.14. The number of benzene rings is 3. The van der Waals surface area contributed by atoms with E-state index < -0.39 is 0 Å². The van der Waals surface area contributed by atoms with E-state index in [1.54, 1.807) is 30.3 Å². The van der Waals surface area contributed by atoms with Crippen LogP contribution in [0, 0.1) is 0 Å². The Balaban J connectivity index is 1.29. The van der Waals surface area contributed by atoms with Crippen molar-refractivity contribution in [3.05, 3.63) is 114 Å². The normalized spacial score (nSPS) is 10.8. The molecule has 2 amide bonds. The summed E-state index contributed by atoms with van der Waals surface area (Å²) in [6.07, 6.45) is 3.35. The van der Waals surface area contributed by atoms with Crippen molar-refractivity contribution in [1.29, 1.82) is 0 Å². The quantitative estimate of drug-likeness (QED) is 0.371. The van der Waals surface area contributed by atoms with Gasteiger partial charge in [0.2, 0.25) is 11.8 Å². The van der Waals surface area contributed by atoms with Gasteiger partial charge >= 0.3 is 0 Å². The Kier molecular flexibility index (Phi) is 6.58. The number of furan rings is 1. The predicted octanol–water partition coefficient (Wildman–Crippen LogP) is 5.78. The highest BCUT2D eigenvalue weighted by molar-refractivity contribution is 6.02. The molecule has 0 fully saturated rings. The molecule has 158 valence electrons. The van der Waals surface area contributed by atoms with Crippen LogP contribution in [0.25, 0.3) is 17.4 Å². The zero-order valence-corrected chi connectivity index (χ0v) is 17.3. The van der Waals surface area contributed by atoms with Gasteiger partial charge in [0.05, 0.1) is 6.42 Å². The molecule has 0 aliphatic rings. The van der Waals surface area contributed by atoms with Crippen molar-refractivity contribution in [2.45, 2.75) is 6.42 Å². The summed E-state index contributed by atoms with van der Waals surface area (Å²) in [6, 6.07) is 30.0. The smallest absolute Gasteiger partial charge is 0.248 e. The molecule has 0 unspecified atom stereocenters. The molecule has 0 aliphatic carbocycles. The van der Waals surface area contributed by atoms with Crippen molar-refractivity contribution < 1.29 is 14.0 Å². The highest BCUT2D eigenvalue weighted by atomic mass is 16.3. The van der Waals surface area contributed by atoms with E-state index in [0.29, 0.717) is 23.6 Å². The molecule has 0 saturated heterocycles. The molecule has 2 N–H and O–H groups in total. The Bertz CT molecular complexity index is 1210. The van der Waals surface area contributed by atoms with Crippen LogP contribution in [0.1, 0.15) is 11.3 Å². The molecule has 4 aromatic rings. The molecule has 3 aromatic carbocycles. The Morgan fingerprint density at radius 3 is 2.03 bits per heavy atom. The number of anilines is 2. The zero-order valence-electron chi connectivity index (χ0n) is 17.3. The SMILES string of the molecule is O=C(/C=C/c1ccc(-c2ccccc2)o1)Nc1ccc(NC(=O)Cc2ccccc2)cc1. The minimum absolute atomic E-state index is 0.0933. The Hall–Kier alpha value is -4.38. The van der Waals surface area contributed by atoms with Gasteiger partial charge in [-0.05, 0) is 48.0 Å². The minimum atomic E-state index is -0.275. The fraction of sp³-hybridized carbons (Fsp3) is 0.0370. The van der Waals surface area contributed by atoms with Crippen LogP contribution in [0.3, 0.4) is 0 Å². The molecule has 4 rings (SSSR count). The van der Waals surface area contributed by atoms with Crippen LogP contribution in [-0.2, 0) is 16.0 Å². The van der Waals surface area contributed by atoms with Crippen LogP contribution >= 0.6 is 0 Å². The molecule has 0 spiro atoms. The summed E-state index contributed by atoms with van der Waals surface area (Å²) >= 11 is 0. The van der Waals surface area contributed by atoms with Gasteiger partial charge in [-0.3, -0.25) is 9.59 Å². The number of amides is 2. The molecular formula is C27H22N2O3. The number of carbonyl (C=O) groups is 2. The van der Waals surface area contributed by atoms with Gasteiger partial charge in [0.25, 0.3) is 0 Å².